The number of rotatable bonds is 3. The van der Waals surface area contributed by atoms with Crippen LogP contribution >= 0.6 is 0 Å². The molecule has 2 rings (SSSR count). The van der Waals surface area contributed by atoms with Gasteiger partial charge in [0, 0.05) is 12.0 Å². The molecule has 0 bridgehead atoms. The predicted molar refractivity (Wildman–Crippen MR) is 55.3 cm³/mol. The zero-order valence-corrected chi connectivity index (χ0v) is 8.47. The minimum atomic E-state index is 0.0345. The van der Waals surface area contributed by atoms with Gasteiger partial charge < -0.3 is 9.63 Å². The van der Waals surface area contributed by atoms with Crippen molar-refractivity contribution in [3.8, 4) is 11.5 Å². The van der Waals surface area contributed by atoms with Gasteiger partial charge in [0.1, 0.15) is 0 Å². The van der Waals surface area contributed by atoms with Gasteiger partial charge in [-0.1, -0.05) is 22.9 Å². The van der Waals surface area contributed by atoms with Crippen LogP contribution in [-0.2, 0) is 6.42 Å². The molecule has 0 fully saturated rings. The number of benzene rings is 1. The minimum Gasteiger partial charge on any atom is -0.396 e. The van der Waals surface area contributed by atoms with E-state index in [2.05, 4.69) is 10.1 Å². The van der Waals surface area contributed by atoms with Crippen molar-refractivity contribution in [2.75, 3.05) is 6.61 Å². The van der Waals surface area contributed by atoms with Crippen molar-refractivity contribution >= 4 is 0 Å². The largest absolute Gasteiger partial charge is 0.396 e. The van der Waals surface area contributed by atoms with Crippen LogP contribution in [0.2, 0.25) is 0 Å². The van der Waals surface area contributed by atoms with Crippen LogP contribution in [0, 0.1) is 6.92 Å². The van der Waals surface area contributed by atoms with Gasteiger partial charge in [-0.15, -0.1) is 0 Å². The fourth-order valence-electron chi connectivity index (χ4n) is 1.35. The Morgan fingerprint density at radius 2 is 2.27 bits per heavy atom. The molecule has 0 amide bonds. The zero-order valence-electron chi connectivity index (χ0n) is 8.47. The zero-order chi connectivity index (χ0) is 10.7. The van der Waals surface area contributed by atoms with Crippen molar-refractivity contribution in [2.24, 2.45) is 0 Å². The highest BCUT2D eigenvalue weighted by atomic mass is 16.5. The molecule has 4 heteroatoms. The molecule has 1 N–H and O–H groups in total. The quantitative estimate of drug-likeness (QED) is 0.824. The Hall–Kier alpha value is -1.68. The van der Waals surface area contributed by atoms with Gasteiger partial charge in [0.2, 0.25) is 0 Å². The van der Waals surface area contributed by atoms with Crippen molar-refractivity contribution in [3.05, 3.63) is 35.7 Å². The van der Waals surface area contributed by atoms with E-state index in [-0.39, 0.29) is 6.61 Å². The van der Waals surface area contributed by atoms with E-state index in [9.17, 15) is 0 Å². The lowest BCUT2D eigenvalue weighted by atomic mass is 10.1. The van der Waals surface area contributed by atoms with E-state index in [0.717, 1.165) is 11.1 Å². The predicted octanol–water partition coefficient (Wildman–Crippen LogP) is 1.58. The van der Waals surface area contributed by atoms with E-state index < -0.39 is 0 Å². The Labute approximate surface area is 87.6 Å². The first-order chi connectivity index (χ1) is 7.29. The number of aryl methyl sites for hydroxylation is 1. The molecule has 0 spiro atoms. The highest BCUT2D eigenvalue weighted by Crippen LogP contribution is 2.17. The first-order valence-electron chi connectivity index (χ1n) is 4.80. The fourth-order valence-corrected chi connectivity index (χ4v) is 1.35. The lowest BCUT2D eigenvalue weighted by Gasteiger charge is -1.94. The van der Waals surface area contributed by atoms with Crippen molar-refractivity contribution < 1.29 is 9.63 Å². The van der Waals surface area contributed by atoms with Crippen molar-refractivity contribution in [2.45, 2.75) is 13.3 Å². The summed E-state index contributed by atoms with van der Waals surface area (Å²) in [6, 6.07) is 7.86. The Balaban J connectivity index is 2.29. The van der Waals surface area contributed by atoms with Gasteiger partial charge in [-0.2, -0.15) is 4.98 Å². The molecule has 0 saturated heterocycles. The lowest BCUT2D eigenvalue weighted by Crippen LogP contribution is -1.92. The molecule has 1 aromatic heterocycles. The molecular weight excluding hydrogens is 192 g/mol. The van der Waals surface area contributed by atoms with Crippen molar-refractivity contribution in [3.63, 3.8) is 0 Å². The summed E-state index contributed by atoms with van der Waals surface area (Å²) in [7, 11) is 0. The monoisotopic (exact) mass is 204 g/mol. The van der Waals surface area contributed by atoms with E-state index in [1.165, 1.54) is 0 Å². The van der Waals surface area contributed by atoms with Crippen LogP contribution in [0.25, 0.3) is 11.5 Å². The Morgan fingerprint density at radius 3 is 3.00 bits per heavy atom. The van der Waals surface area contributed by atoms with Crippen molar-refractivity contribution in [1.82, 2.24) is 10.1 Å². The number of hydrogen-bond acceptors (Lipinski definition) is 4. The SMILES string of the molecule is Cc1cccc(-c2nc(CCO)no2)c1. The number of nitrogens with zero attached hydrogens (tertiary/aromatic N) is 2. The van der Waals surface area contributed by atoms with Crippen LogP contribution in [0.5, 0.6) is 0 Å². The first kappa shape index (κ1) is 9.86. The number of aromatic nitrogens is 2. The normalized spacial score (nSPS) is 10.5. The minimum absolute atomic E-state index is 0.0345. The van der Waals surface area contributed by atoms with E-state index >= 15 is 0 Å². The Kier molecular flexibility index (Phi) is 2.78. The molecule has 0 atom stereocenters. The summed E-state index contributed by atoms with van der Waals surface area (Å²) in [6.07, 6.45) is 0.426. The van der Waals surface area contributed by atoms with Crippen LogP contribution in [0.3, 0.4) is 0 Å². The summed E-state index contributed by atoms with van der Waals surface area (Å²) in [5.74, 6) is 1.04. The average Bonchev–Trinajstić information content (AvgIpc) is 2.67. The van der Waals surface area contributed by atoms with Gasteiger partial charge in [-0.25, -0.2) is 0 Å². The van der Waals surface area contributed by atoms with E-state index in [4.69, 9.17) is 9.63 Å². The third-order valence-electron chi connectivity index (χ3n) is 2.07. The second-order valence-corrected chi connectivity index (χ2v) is 3.36. The summed E-state index contributed by atoms with van der Waals surface area (Å²) >= 11 is 0. The van der Waals surface area contributed by atoms with Gasteiger partial charge in [0.25, 0.3) is 5.89 Å². The molecule has 0 aliphatic rings. The molecule has 1 heterocycles. The molecule has 0 aliphatic carbocycles. The van der Waals surface area contributed by atoms with Crippen LogP contribution in [0.1, 0.15) is 11.4 Å². The number of hydrogen-bond donors (Lipinski definition) is 1. The van der Waals surface area contributed by atoms with E-state index in [0.29, 0.717) is 18.1 Å². The maximum Gasteiger partial charge on any atom is 0.257 e. The second kappa shape index (κ2) is 4.23. The van der Waals surface area contributed by atoms with Crippen LogP contribution < -0.4 is 0 Å². The third-order valence-corrected chi connectivity index (χ3v) is 2.07. The number of aliphatic hydroxyl groups excluding tert-OH is 1. The topological polar surface area (TPSA) is 59.2 Å². The Bertz CT molecular complexity index is 451. The summed E-state index contributed by atoms with van der Waals surface area (Å²) in [5.41, 5.74) is 2.06. The molecule has 0 unspecified atom stereocenters. The molecule has 0 radical (unpaired) electrons. The molecule has 15 heavy (non-hydrogen) atoms. The summed E-state index contributed by atoms with van der Waals surface area (Å²) in [5, 5.41) is 12.5. The summed E-state index contributed by atoms with van der Waals surface area (Å²) < 4.78 is 5.09. The summed E-state index contributed by atoms with van der Waals surface area (Å²) in [4.78, 5) is 4.17. The second-order valence-electron chi connectivity index (χ2n) is 3.36. The van der Waals surface area contributed by atoms with Crippen molar-refractivity contribution in [1.29, 1.82) is 0 Å². The smallest absolute Gasteiger partial charge is 0.257 e. The van der Waals surface area contributed by atoms with Gasteiger partial charge in [-0.05, 0) is 19.1 Å². The fraction of sp³-hybridized carbons (Fsp3) is 0.273. The van der Waals surface area contributed by atoms with Crippen LogP contribution in [0.4, 0.5) is 0 Å². The molecule has 78 valence electrons. The summed E-state index contributed by atoms with van der Waals surface area (Å²) in [6.45, 7) is 2.04. The van der Waals surface area contributed by atoms with Gasteiger partial charge in [0.05, 0.1) is 6.61 Å². The molecule has 2 aromatic rings. The highest BCUT2D eigenvalue weighted by Gasteiger charge is 2.07. The van der Waals surface area contributed by atoms with Crippen LogP contribution in [0.15, 0.2) is 28.8 Å². The molecule has 0 aliphatic heterocycles. The van der Waals surface area contributed by atoms with Crippen LogP contribution in [-0.4, -0.2) is 21.9 Å². The maximum atomic E-state index is 8.72. The van der Waals surface area contributed by atoms with E-state index in [1.807, 2.05) is 31.2 Å². The first-order valence-corrected chi connectivity index (χ1v) is 4.80. The lowest BCUT2D eigenvalue weighted by molar-refractivity contribution is 0.293. The molecule has 1 aromatic carbocycles. The standard InChI is InChI=1S/C11H12N2O2/c1-8-3-2-4-9(7-8)11-12-10(5-6-14)13-15-11/h2-4,7,14H,5-6H2,1H3. The molecule has 0 saturated carbocycles. The average molecular weight is 204 g/mol. The van der Waals surface area contributed by atoms with Gasteiger partial charge in [0.15, 0.2) is 5.82 Å². The van der Waals surface area contributed by atoms with Gasteiger partial charge in [-0.3, -0.25) is 0 Å². The molecular formula is C11H12N2O2. The number of aliphatic hydroxyl groups is 1. The third kappa shape index (κ3) is 2.22. The highest BCUT2D eigenvalue weighted by molar-refractivity contribution is 5.53. The maximum absolute atomic E-state index is 8.72. The van der Waals surface area contributed by atoms with Gasteiger partial charge >= 0.3 is 0 Å². The Morgan fingerprint density at radius 1 is 1.40 bits per heavy atom. The van der Waals surface area contributed by atoms with E-state index in [1.54, 1.807) is 0 Å². The molecule has 4 nitrogen and oxygen atoms in total.